The van der Waals surface area contributed by atoms with E-state index >= 15 is 0 Å². The van der Waals surface area contributed by atoms with E-state index in [1.807, 2.05) is 11.7 Å². The highest BCUT2D eigenvalue weighted by molar-refractivity contribution is 5.27. The zero-order valence-electron chi connectivity index (χ0n) is 11.1. The van der Waals surface area contributed by atoms with Gasteiger partial charge in [-0.3, -0.25) is 4.68 Å². The molecule has 3 nitrogen and oxygen atoms in total. The standard InChI is InChI=1S/C13H23N3/c1-9(14-8-13(4)6-7-13)12-10(2)15-16(5)11(12)3/h9,14H,6-8H2,1-5H3. The Kier molecular flexibility index (Phi) is 2.82. The van der Waals surface area contributed by atoms with Crippen LogP contribution >= 0.6 is 0 Å². The smallest absolute Gasteiger partial charge is 0.0644 e. The van der Waals surface area contributed by atoms with E-state index in [9.17, 15) is 0 Å². The number of hydrogen-bond acceptors (Lipinski definition) is 2. The van der Waals surface area contributed by atoms with Crippen molar-refractivity contribution in [2.45, 2.75) is 46.6 Å². The van der Waals surface area contributed by atoms with Crippen molar-refractivity contribution >= 4 is 0 Å². The third kappa shape index (κ3) is 2.14. The Bertz CT molecular complexity index is 388. The molecule has 16 heavy (non-hydrogen) atoms. The van der Waals surface area contributed by atoms with E-state index < -0.39 is 0 Å². The molecule has 1 aromatic heterocycles. The molecule has 3 heteroatoms. The minimum Gasteiger partial charge on any atom is -0.310 e. The van der Waals surface area contributed by atoms with Crippen LogP contribution in [0.3, 0.4) is 0 Å². The molecule has 1 unspecified atom stereocenters. The second-order valence-corrected chi connectivity index (χ2v) is 5.62. The van der Waals surface area contributed by atoms with E-state index in [1.165, 1.54) is 24.1 Å². The van der Waals surface area contributed by atoms with E-state index in [1.54, 1.807) is 0 Å². The molecular weight excluding hydrogens is 198 g/mol. The van der Waals surface area contributed by atoms with Crippen LogP contribution in [0.5, 0.6) is 0 Å². The van der Waals surface area contributed by atoms with Gasteiger partial charge >= 0.3 is 0 Å². The van der Waals surface area contributed by atoms with Gasteiger partial charge in [-0.15, -0.1) is 0 Å². The molecule has 1 saturated carbocycles. The lowest BCUT2D eigenvalue weighted by Crippen LogP contribution is -2.26. The Morgan fingerprint density at radius 2 is 2.06 bits per heavy atom. The third-order valence-electron chi connectivity index (χ3n) is 3.94. The predicted octanol–water partition coefficient (Wildman–Crippen LogP) is 2.49. The van der Waals surface area contributed by atoms with Gasteiger partial charge in [0.05, 0.1) is 5.69 Å². The van der Waals surface area contributed by atoms with E-state index in [0.29, 0.717) is 11.5 Å². The highest BCUT2D eigenvalue weighted by atomic mass is 15.3. The second kappa shape index (κ2) is 3.88. The molecule has 2 rings (SSSR count). The van der Waals surface area contributed by atoms with Crippen LogP contribution in [-0.2, 0) is 7.05 Å². The second-order valence-electron chi connectivity index (χ2n) is 5.62. The summed E-state index contributed by atoms with van der Waals surface area (Å²) in [5, 5.41) is 8.11. The Morgan fingerprint density at radius 3 is 2.50 bits per heavy atom. The summed E-state index contributed by atoms with van der Waals surface area (Å²) in [6.07, 6.45) is 2.75. The monoisotopic (exact) mass is 221 g/mol. The SMILES string of the molecule is Cc1nn(C)c(C)c1C(C)NCC1(C)CC1. The first-order valence-electron chi connectivity index (χ1n) is 6.16. The summed E-state index contributed by atoms with van der Waals surface area (Å²) in [5.41, 5.74) is 4.37. The van der Waals surface area contributed by atoms with Crippen molar-refractivity contribution in [2.75, 3.05) is 6.54 Å². The minimum absolute atomic E-state index is 0.408. The van der Waals surface area contributed by atoms with Crippen molar-refractivity contribution in [3.05, 3.63) is 17.0 Å². The molecule has 0 amide bonds. The van der Waals surface area contributed by atoms with Crippen LogP contribution in [0.2, 0.25) is 0 Å². The molecular formula is C13H23N3. The van der Waals surface area contributed by atoms with Gasteiger partial charge in [-0.2, -0.15) is 5.10 Å². The first kappa shape index (κ1) is 11.6. The van der Waals surface area contributed by atoms with Crippen LogP contribution in [0.15, 0.2) is 0 Å². The maximum Gasteiger partial charge on any atom is 0.0644 e. The summed E-state index contributed by atoms with van der Waals surface area (Å²) in [7, 11) is 2.01. The molecule has 1 atom stereocenters. The fourth-order valence-electron chi connectivity index (χ4n) is 2.31. The van der Waals surface area contributed by atoms with Crippen LogP contribution in [0.1, 0.15) is 49.7 Å². The van der Waals surface area contributed by atoms with E-state index in [4.69, 9.17) is 0 Å². The molecule has 1 N–H and O–H groups in total. The third-order valence-corrected chi connectivity index (χ3v) is 3.94. The fraction of sp³-hybridized carbons (Fsp3) is 0.769. The van der Waals surface area contributed by atoms with Gasteiger partial charge < -0.3 is 5.32 Å². The molecule has 90 valence electrons. The van der Waals surface area contributed by atoms with Gasteiger partial charge in [0.2, 0.25) is 0 Å². The molecule has 0 spiro atoms. The largest absolute Gasteiger partial charge is 0.310 e. The molecule has 0 aromatic carbocycles. The first-order chi connectivity index (χ1) is 7.43. The maximum absolute atomic E-state index is 4.47. The van der Waals surface area contributed by atoms with Gasteiger partial charge in [-0.05, 0) is 39.0 Å². The average Bonchev–Trinajstić information content (AvgIpc) is 2.88. The summed E-state index contributed by atoms with van der Waals surface area (Å²) in [5.74, 6) is 0. The number of rotatable bonds is 4. The molecule has 1 fully saturated rings. The van der Waals surface area contributed by atoms with Crippen molar-refractivity contribution < 1.29 is 0 Å². The maximum atomic E-state index is 4.47. The fourth-order valence-corrected chi connectivity index (χ4v) is 2.31. The first-order valence-corrected chi connectivity index (χ1v) is 6.16. The summed E-state index contributed by atoms with van der Waals surface area (Å²) < 4.78 is 1.97. The molecule has 0 radical (unpaired) electrons. The van der Waals surface area contributed by atoms with Crippen molar-refractivity contribution in [3.8, 4) is 0 Å². The Labute approximate surface area is 98.2 Å². The average molecular weight is 221 g/mol. The number of aromatic nitrogens is 2. The molecule has 0 saturated heterocycles. The molecule has 1 aliphatic carbocycles. The predicted molar refractivity (Wildman–Crippen MR) is 66.4 cm³/mol. The Balaban J connectivity index is 2.05. The van der Waals surface area contributed by atoms with Crippen molar-refractivity contribution in [3.63, 3.8) is 0 Å². The van der Waals surface area contributed by atoms with Crippen LogP contribution in [-0.4, -0.2) is 16.3 Å². The number of nitrogens with zero attached hydrogens (tertiary/aromatic N) is 2. The number of nitrogens with one attached hydrogen (secondary N) is 1. The summed E-state index contributed by atoms with van der Waals surface area (Å²) >= 11 is 0. The van der Waals surface area contributed by atoms with Gasteiger partial charge in [0.15, 0.2) is 0 Å². The summed E-state index contributed by atoms with van der Waals surface area (Å²) in [6, 6.07) is 0.408. The zero-order chi connectivity index (χ0) is 11.9. The van der Waals surface area contributed by atoms with E-state index in [-0.39, 0.29) is 0 Å². The lowest BCUT2D eigenvalue weighted by atomic mass is 10.0. The highest BCUT2D eigenvalue weighted by Gasteiger charge is 2.37. The van der Waals surface area contributed by atoms with E-state index in [0.717, 1.165) is 12.2 Å². The van der Waals surface area contributed by atoms with Crippen molar-refractivity contribution in [2.24, 2.45) is 12.5 Å². The van der Waals surface area contributed by atoms with Gasteiger partial charge in [0, 0.05) is 30.9 Å². The quantitative estimate of drug-likeness (QED) is 0.846. The molecule has 0 aliphatic heterocycles. The van der Waals surface area contributed by atoms with Gasteiger partial charge in [0.1, 0.15) is 0 Å². The Morgan fingerprint density at radius 1 is 1.44 bits per heavy atom. The van der Waals surface area contributed by atoms with Crippen molar-refractivity contribution in [1.29, 1.82) is 0 Å². The normalized spacial score (nSPS) is 19.8. The molecule has 0 bridgehead atoms. The van der Waals surface area contributed by atoms with Crippen LogP contribution < -0.4 is 5.32 Å². The number of hydrogen-bond donors (Lipinski definition) is 1. The number of aryl methyl sites for hydroxylation is 2. The zero-order valence-corrected chi connectivity index (χ0v) is 11.1. The van der Waals surface area contributed by atoms with Gasteiger partial charge in [-0.1, -0.05) is 6.92 Å². The lowest BCUT2D eigenvalue weighted by molar-refractivity contribution is 0.455. The van der Waals surface area contributed by atoms with Gasteiger partial charge in [0.25, 0.3) is 0 Å². The molecule has 1 aliphatic rings. The topological polar surface area (TPSA) is 29.9 Å². The minimum atomic E-state index is 0.408. The molecule has 1 heterocycles. The molecule has 1 aromatic rings. The lowest BCUT2D eigenvalue weighted by Gasteiger charge is -2.17. The van der Waals surface area contributed by atoms with Gasteiger partial charge in [-0.25, -0.2) is 0 Å². The highest BCUT2D eigenvalue weighted by Crippen LogP contribution is 2.44. The Hall–Kier alpha value is -0.830. The van der Waals surface area contributed by atoms with Crippen LogP contribution in [0, 0.1) is 19.3 Å². The summed E-state index contributed by atoms with van der Waals surface area (Å²) in [6.45, 7) is 9.96. The van der Waals surface area contributed by atoms with Crippen molar-refractivity contribution in [1.82, 2.24) is 15.1 Å². The summed E-state index contributed by atoms with van der Waals surface area (Å²) in [4.78, 5) is 0. The van der Waals surface area contributed by atoms with Crippen LogP contribution in [0.4, 0.5) is 0 Å². The van der Waals surface area contributed by atoms with E-state index in [2.05, 4.69) is 38.1 Å². The van der Waals surface area contributed by atoms with Crippen LogP contribution in [0.25, 0.3) is 0 Å².